The highest BCUT2D eigenvalue weighted by Gasteiger charge is 2.19. The van der Waals surface area contributed by atoms with Crippen molar-refractivity contribution in [1.29, 1.82) is 0 Å². The maximum Gasteiger partial charge on any atom is 0.282 e. The number of nitro benzene ring substituents is 1. The van der Waals surface area contributed by atoms with Crippen LogP contribution >= 0.6 is 0 Å². The molecule has 0 saturated carbocycles. The van der Waals surface area contributed by atoms with E-state index in [1.165, 1.54) is 31.4 Å². The summed E-state index contributed by atoms with van der Waals surface area (Å²) in [5, 5.41) is 10.9. The number of para-hydroxylation sites is 1. The highest BCUT2D eigenvalue weighted by Crippen LogP contribution is 2.27. The van der Waals surface area contributed by atoms with Crippen LogP contribution in [-0.4, -0.2) is 30.5 Å². The summed E-state index contributed by atoms with van der Waals surface area (Å²) in [4.78, 5) is 34.0. The largest absolute Gasteiger partial charge is 0.493 e. The van der Waals surface area contributed by atoms with Gasteiger partial charge in [-0.3, -0.25) is 30.6 Å². The van der Waals surface area contributed by atoms with Crippen LogP contribution in [0.15, 0.2) is 42.5 Å². The van der Waals surface area contributed by atoms with Crippen molar-refractivity contribution in [3.63, 3.8) is 0 Å². The van der Waals surface area contributed by atoms with Crippen molar-refractivity contribution in [2.24, 2.45) is 0 Å². The van der Waals surface area contributed by atoms with Gasteiger partial charge in [-0.15, -0.1) is 0 Å². The molecule has 0 unspecified atom stereocenters. The Kier molecular flexibility index (Phi) is 6.10. The van der Waals surface area contributed by atoms with Gasteiger partial charge in [0.15, 0.2) is 18.1 Å². The van der Waals surface area contributed by atoms with E-state index in [-0.39, 0.29) is 17.9 Å². The summed E-state index contributed by atoms with van der Waals surface area (Å²) in [7, 11) is 1.48. The van der Waals surface area contributed by atoms with Gasteiger partial charge in [-0.05, 0) is 30.7 Å². The lowest BCUT2D eigenvalue weighted by Crippen LogP contribution is -2.44. The first kappa shape index (κ1) is 18.7. The van der Waals surface area contributed by atoms with E-state index in [2.05, 4.69) is 10.9 Å². The van der Waals surface area contributed by atoms with Crippen molar-refractivity contribution in [2.75, 3.05) is 13.7 Å². The van der Waals surface area contributed by atoms with Gasteiger partial charge in [0.25, 0.3) is 17.5 Å². The Morgan fingerprint density at radius 3 is 2.54 bits per heavy atom. The number of hydrogen-bond donors (Lipinski definition) is 2. The predicted molar refractivity (Wildman–Crippen MR) is 91.9 cm³/mol. The van der Waals surface area contributed by atoms with Crippen molar-refractivity contribution in [1.82, 2.24) is 10.9 Å². The molecule has 0 aromatic heterocycles. The molecular formula is C17H17N3O6. The number of aryl methyl sites for hydroxylation is 1. The zero-order valence-electron chi connectivity index (χ0n) is 14.1. The summed E-state index contributed by atoms with van der Waals surface area (Å²) < 4.78 is 10.5. The lowest BCUT2D eigenvalue weighted by atomic mass is 10.2. The van der Waals surface area contributed by atoms with E-state index in [4.69, 9.17) is 9.47 Å². The zero-order valence-corrected chi connectivity index (χ0v) is 14.1. The van der Waals surface area contributed by atoms with Gasteiger partial charge >= 0.3 is 0 Å². The number of rotatable bonds is 6. The molecule has 0 atom stereocenters. The Balaban J connectivity index is 1.91. The highest BCUT2D eigenvalue weighted by atomic mass is 16.6. The van der Waals surface area contributed by atoms with E-state index in [1.807, 2.05) is 6.92 Å². The molecule has 0 aliphatic heterocycles. The standard InChI is InChI=1S/C17H17N3O6/c1-11-7-8-14(15(9-11)25-2)26-10-16(21)18-19-17(22)12-5-3-4-6-13(12)20(23)24/h3-9H,10H2,1-2H3,(H,18,21)(H,19,22). The molecule has 0 aliphatic carbocycles. The number of hydrazine groups is 1. The number of carbonyl (C=O) groups excluding carboxylic acids is 2. The van der Waals surface area contributed by atoms with Gasteiger partial charge in [-0.25, -0.2) is 0 Å². The van der Waals surface area contributed by atoms with Gasteiger partial charge in [0.05, 0.1) is 12.0 Å². The summed E-state index contributed by atoms with van der Waals surface area (Å²) in [5.74, 6) is -0.599. The molecule has 136 valence electrons. The Bertz CT molecular complexity index is 837. The molecule has 26 heavy (non-hydrogen) atoms. The second-order valence-corrected chi connectivity index (χ2v) is 5.22. The molecule has 2 N–H and O–H groups in total. The topological polar surface area (TPSA) is 120 Å². The smallest absolute Gasteiger partial charge is 0.282 e. The maximum atomic E-state index is 12.0. The predicted octanol–water partition coefficient (Wildman–Crippen LogP) is 1.75. The Hall–Kier alpha value is -3.62. The van der Waals surface area contributed by atoms with Gasteiger partial charge in [0.1, 0.15) is 5.56 Å². The number of nitrogens with zero attached hydrogens (tertiary/aromatic N) is 1. The first-order valence-corrected chi connectivity index (χ1v) is 7.52. The maximum absolute atomic E-state index is 12.0. The van der Waals surface area contributed by atoms with Crippen LogP contribution in [0.25, 0.3) is 0 Å². The van der Waals surface area contributed by atoms with Crippen molar-refractivity contribution >= 4 is 17.5 Å². The monoisotopic (exact) mass is 359 g/mol. The SMILES string of the molecule is COc1cc(C)ccc1OCC(=O)NNC(=O)c1ccccc1[N+](=O)[O-]. The van der Waals surface area contributed by atoms with Crippen molar-refractivity contribution in [3.05, 3.63) is 63.7 Å². The van der Waals surface area contributed by atoms with Gasteiger partial charge in [-0.1, -0.05) is 18.2 Å². The van der Waals surface area contributed by atoms with E-state index in [0.717, 1.165) is 5.56 Å². The zero-order chi connectivity index (χ0) is 19.1. The number of benzene rings is 2. The third kappa shape index (κ3) is 4.69. The van der Waals surface area contributed by atoms with Crippen molar-refractivity contribution < 1.29 is 24.0 Å². The van der Waals surface area contributed by atoms with Crippen molar-refractivity contribution in [3.8, 4) is 11.5 Å². The third-order valence-electron chi connectivity index (χ3n) is 3.34. The Labute approximate surface area is 149 Å². The van der Waals surface area contributed by atoms with Crippen LogP contribution < -0.4 is 20.3 Å². The van der Waals surface area contributed by atoms with Gasteiger partial charge in [0.2, 0.25) is 0 Å². The molecule has 0 fully saturated rings. The first-order chi connectivity index (χ1) is 12.4. The Morgan fingerprint density at radius 2 is 1.85 bits per heavy atom. The third-order valence-corrected chi connectivity index (χ3v) is 3.34. The minimum absolute atomic E-state index is 0.168. The van der Waals surface area contributed by atoms with E-state index < -0.39 is 16.7 Å². The normalized spacial score (nSPS) is 9.92. The van der Waals surface area contributed by atoms with Gasteiger partial charge in [-0.2, -0.15) is 0 Å². The molecule has 0 spiro atoms. The van der Waals surface area contributed by atoms with Crippen LogP contribution in [0.5, 0.6) is 11.5 Å². The number of ether oxygens (including phenoxy) is 2. The fourth-order valence-corrected chi connectivity index (χ4v) is 2.09. The first-order valence-electron chi connectivity index (χ1n) is 7.52. The van der Waals surface area contributed by atoms with Crippen LogP contribution in [0.1, 0.15) is 15.9 Å². The molecular weight excluding hydrogens is 342 g/mol. The van der Waals surface area contributed by atoms with Crippen LogP contribution in [-0.2, 0) is 4.79 Å². The molecule has 2 aromatic carbocycles. The molecule has 2 rings (SSSR count). The molecule has 2 aromatic rings. The number of amides is 2. The fourth-order valence-electron chi connectivity index (χ4n) is 2.09. The van der Waals surface area contributed by atoms with Crippen LogP contribution in [0.3, 0.4) is 0 Å². The number of nitro groups is 1. The quantitative estimate of drug-likeness (QED) is 0.599. The molecule has 2 amide bonds. The van der Waals surface area contributed by atoms with Crippen LogP contribution in [0.2, 0.25) is 0 Å². The Morgan fingerprint density at radius 1 is 1.12 bits per heavy atom. The summed E-state index contributed by atoms with van der Waals surface area (Å²) in [5.41, 5.74) is 4.69. The molecule has 0 aliphatic rings. The second-order valence-electron chi connectivity index (χ2n) is 5.22. The van der Waals surface area contributed by atoms with E-state index in [9.17, 15) is 19.7 Å². The summed E-state index contributed by atoms with van der Waals surface area (Å²) in [6.07, 6.45) is 0. The van der Waals surface area contributed by atoms with Gasteiger partial charge in [0, 0.05) is 6.07 Å². The minimum Gasteiger partial charge on any atom is -0.493 e. The number of methoxy groups -OCH3 is 1. The van der Waals surface area contributed by atoms with Crippen LogP contribution in [0.4, 0.5) is 5.69 Å². The second kappa shape index (κ2) is 8.47. The minimum atomic E-state index is -0.807. The molecule has 0 heterocycles. The summed E-state index contributed by atoms with van der Waals surface area (Å²) >= 11 is 0. The molecule has 0 radical (unpaired) electrons. The number of nitrogens with one attached hydrogen (secondary N) is 2. The summed E-state index contributed by atoms with van der Waals surface area (Å²) in [6, 6.07) is 10.6. The molecule has 0 bridgehead atoms. The van der Waals surface area contributed by atoms with E-state index in [0.29, 0.717) is 11.5 Å². The number of hydrogen-bond acceptors (Lipinski definition) is 6. The lowest BCUT2D eigenvalue weighted by molar-refractivity contribution is -0.385. The lowest BCUT2D eigenvalue weighted by Gasteiger charge is -2.12. The molecule has 0 saturated heterocycles. The summed E-state index contributed by atoms with van der Waals surface area (Å²) in [6.45, 7) is 1.51. The van der Waals surface area contributed by atoms with E-state index >= 15 is 0 Å². The average Bonchev–Trinajstić information content (AvgIpc) is 2.64. The molecule has 9 heteroatoms. The highest BCUT2D eigenvalue weighted by molar-refractivity contribution is 5.99. The molecule has 9 nitrogen and oxygen atoms in total. The fraction of sp³-hybridized carbons (Fsp3) is 0.176. The average molecular weight is 359 g/mol. The number of carbonyl (C=O) groups is 2. The van der Waals surface area contributed by atoms with Crippen molar-refractivity contribution in [2.45, 2.75) is 6.92 Å². The van der Waals surface area contributed by atoms with Crippen LogP contribution in [0, 0.1) is 17.0 Å². The van der Waals surface area contributed by atoms with E-state index in [1.54, 1.807) is 18.2 Å². The van der Waals surface area contributed by atoms with Gasteiger partial charge < -0.3 is 9.47 Å².